The molecule has 0 aromatic rings. The fraction of sp³-hybridized carbons (Fsp3) is 0.857. The number of nitrogens with zero attached hydrogens (tertiary/aromatic N) is 1. The van der Waals surface area contributed by atoms with Crippen molar-refractivity contribution in [2.45, 2.75) is 18.1 Å². The van der Waals surface area contributed by atoms with Crippen LogP contribution in [-0.2, 0) is 14.9 Å². The van der Waals surface area contributed by atoms with Crippen molar-refractivity contribution in [1.29, 1.82) is 0 Å². The van der Waals surface area contributed by atoms with Crippen LogP contribution in [0, 0.1) is 0 Å². The summed E-state index contributed by atoms with van der Waals surface area (Å²) in [6, 6.07) is 0. The minimum Gasteiger partial charge on any atom is -0.480 e. The lowest BCUT2D eigenvalue weighted by atomic mass is 10.4. The molecule has 1 unspecified atom stereocenters. The zero-order chi connectivity index (χ0) is 10.8. The smallest absolute Gasteiger partial charge is 0.325 e. The summed E-state index contributed by atoms with van der Waals surface area (Å²) in [5.74, 6) is -1.50. The second-order valence-electron chi connectivity index (χ2n) is 3.35. The van der Waals surface area contributed by atoms with Gasteiger partial charge in [-0.25, -0.2) is 0 Å². The molecular formula is C7H13NO5S. The number of hydrogen-bond acceptors (Lipinski definition) is 4. The van der Waals surface area contributed by atoms with Crippen LogP contribution < -0.4 is 0 Å². The van der Waals surface area contributed by atoms with Crippen LogP contribution in [0.2, 0.25) is 0 Å². The third-order valence-corrected chi connectivity index (χ3v) is 3.33. The van der Waals surface area contributed by atoms with E-state index in [-0.39, 0.29) is 6.54 Å². The van der Waals surface area contributed by atoms with Crippen LogP contribution in [0.1, 0.15) is 12.8 Å². The molecule has 0 saturated carbocycles. The average molecular weight is 223 g/mol. The zero-order valence-corrected chi connectivity index (χ0v) is 8.40. The second kappa shape index (κ2) is 4.24. The highest BCUT2D eigenvalue weighted by molar-refractivity contribution is 7.87. The molecule has 1 atom stereocenters. The molecule has 1 saturated heterocycles. The summed E-state index contributed by atoms with van der Waals surface area (Å²) in [6.07, 6.45) is 1.88. The summed E-state index contributed by atoms with van der Waals surface area (Å²) in [5.41, 5.74) is 0. The predicted octanol–water partition coefficient (Wildman–Crippen LogP) is -0.577. The van der Waals surface area contributed by atoms with E-state index in [4.69, 9.17) is 9.66 Å². The molecule has 0 aromatic heterocycles. The van der Waals surface area contributed by atoms with Crippen molar-refractivity contribution in [1.82, 2.24) is 4.90 Å². The van der Waals surface area contributed by atoms with Gasteiger partial charge in [-0.2, -0.15) is 8.42 Å². The molecule has 0 amide bonds. The van der Waals surface area contributed by atoms with Crippen molar-refractivity contribution in [3.05, 3.63) is 0 Å². The van der Waals surface area contributed by atoms with E-state index in [1.165, 1.54) is 0 Å². The van der Waals surface area contributed by atoms with Crippen molar-refractivity contribution in [2.24, 2.45) is 0 Å². The largest absolute Gasteiger partial charge is 0.480 e. The van der Waals surface area contributed by atoms with Gasteiger partial charge in [0.15, 0.2) is 5.25 Å². The minimum absolute atomic E-state index is 0.131. The first-order chi connectivity index (χ1) is 6.41. The van der Waals surface area contributed by atoms with Gasteiger partial charge in [0.05, 0.1) is 0 Å². The summed E-state index contributed by atoms with van der Waals surface area (Å²) in [4.78, 5) is 12.3. The molecule has 1 heterocycles. The predicted molar refractivity (Wildman–Crippen MR) is 48.6 cm³/mol. The summed E-state index contributed by atoms with van der Waals surface area (Å²) in [7, 11) is -4.49. The first-order valence-electron chi connectivity index (χ1n) is 4.32. The molecule has 1 aliphatic heterocycles. The Morgan fingerprint density at radius 1 is 1.36 bits per heavy atom. The standard InChI is InChI=1S/C7H13NO5S/c9-7(10)6(14(11,12)13)5-8-3-1-2-4-8/h6H,1-5H2,(H,9,10)(H,11,12,13). The zero-order valence-electron chi connectivity index (χ0n) is 7.59. The quantitative estimate of drug-likeness (QED) is 0.619. The van der Waals surface area contributed by atoms with Gasteiger partial charge in [-0.3, -0.25) is 9.35 Å². The van der Waals surface area contributed by atoms with E-state index in [1.54, 1.807) is 4.90 Å². The van der Waals surface area contributed by atoms with E-state index in [9.17, 15) is 13.2 Å². The van der Waals surface area contributed by atoms with Crippen molar-refractivity contribution < 1.29 is 22.9 Å². The molecule has 6 nitrogen and oxygen atoms in total. The number of aliphatic carboxylic acids is 1. The van der Waals surface area contributed by atoms with E-state index >= 15 is 0 Å². The maximum absolute atomic E-state index is 10.7. The Balaban J connectivity index is 2.65. The molecule has 0 spiro atoms. The highest BCUT2D eigenvalue weighted by Crippen LogP contribution is 2.10. The summed E-state index contributed by atoms with van der Waals surface area (Å²) >= 11 is 0. The Kier molecular flexibility index (Phi) is 3.46. The molecular weight excluding hydrogens is 210 g/mol. The molecule has 7 heteroatoms. The number of carbonyl (C=O) groups is 1. The average Bonchev–Trinajstić information content (AvgIpc) is 2.48. The first kappa shape index (κ1) is 11.4. The Labute approximate surface area is 82.3 Å². The Hall–Kier alpha value is -0.660. The van der Waals surface area contributed by atoms with E-state index < -0.39 is 21.3 Å². The molecule has 0 bridgehead atoms. The fourth-order valence-corrected chi connectivity index (χ4v) is 2.15. The molecule has 1 fully saturated rings. The van der Waals surface area contributed by atoms with E-state index in [0.717, 1.165) is 12.8 Å². The lowest BCUT2D eigenvalue weighted by Crippen LogP contribution is -2.40. The molecule has 0 aliphatic carbocycles. The topological polar surface area (TPSA) is 94.9 Å². The maximum Gasteiger partial charge on any atom is 0.325 e. The van der Waals surface area contributed by atoms with Crippen LogP contribution in [0.15, 0.2) is 0 Å². The van der Waals surface area contributed by atoms with Gasteiger partial charge in [-0.1, -0.05) is 0 Å². The number of likely N-dealkylation sites (tertiary alicyclic amines) is 1. The van der Waals surface area contributed by atoms with Gasteiger partial charge in [0, 0.05) is 6.54 Å². The van der Waals surface area contributed by atoms with E-state index in [2.05, 4.69) is 0 Å². The lowest BCUT2D eigenvalue weighted by molar-refractivity contribution is -0.136. The second-order valence-corrected chi connectivity index (χ2v) is 4.95. The van der Waals surface area contributed by atoms with Crippen molar-refractivity contribution >= 4 is 16.1 Å². The maximum atomic E-state index is 10.7. The minimum atomic E-state index is -4.49. The summed E-state index contributed by atoms with van der Waals surface area (Å²) in [6.45, 7) is 1.26. The molecule has 1 aliphatic rings. The molecule has 82 valence electrons. The van der Waals surface area contributed by atoms with Crippen LogP contribution in [-0.4, -0.2) is 53.8 Å². The lowest BCUT2D eigenvalue weighted by Gasteiger charge is -2.17. The Morgan fingerprint density at radius 3 is 2.21 bits per heavy atom. The van der Waals surface area contributed by atoms with Gasteiger partial charge in [0.25, 0.3) is 10.1 Å². The van der Waals surface area contributed by atoms with Gasteiger partial charge < -0.3 is 10.0 Å². The van der Waals surface area contributed by atoms with Gasteiger partial charge in [0.2, 0.25) is 0 Å². The van der Waals surface area contributed by atoms with Crippen molar-refractivity contribution in [2.75, 3.05) is 19.6 Å². The van der Waals surface area contributed by atoms with E-state index in [1.807, 2.05) is 0 Å². The van der Waals surface area contributed by atoms with Gasteiger partial charge in [-0.15, -0.1) is 0 Å². The van der Waals surface area contributed by atoms with Crippen LogP contribution >= 0.6 is 0 Å². The van der Waals surface area contributed by atoms with Crippen LogP contribution in [0.3, 0.4) is 0 Å². The van der Waals surface area contributed by atoms with Crippen LogP contribution in [0.4, 0.5) is 0 Å². The normalized spacial score (nSPS) is 20.9. The van der Waals surface area contributed by atoms with Gasteiger partial charge >= 0.3 is 5.97 Å². The van der Waals surface area contributed by atoms with Gasteiger partial charge in [0.1, 0.15) is 0 Å². The van der Waals surface area contributed by atoms with E-state index in [0.29, 0.717) is 13.1 Å². The molecule has 0 aromatic carbocycles. The molecule has 1 rings (SSSR count). The third kappa shape index (κ3) is 2.93. The number of rotatable bonds is 4. The van der Waals surface area contributed by atoms with Crippen molar-refractivity contribution in [3.63, 3.8) is 0 Å². The molecule has 14 heavy (non-hydrogen) atoms. The summed E-state index contributed by atoms with van der Waals surface area (Å²) < 4.78 is 30.1. The number of carboxylic acids is 1. The third-order valence-electron chi connectivity index (χ3n) is 2.26. The Bertz CT molecular complexity index is 306. The fourth-order valence-electron chi connectivity index (χ4n) is 1.50. The number of carboxylic acid groups (broad SMARTS) is 1. The molecule has 0 radical (unpaired) electrons. The monoisotopic (exact) mass is 223 g/mol. The highest BCUT2D eigenvalue weighted by Gasteiger charge is 2.33. The Morgan fingerprint density at radius 2 is 1.86 bits per heavy atom. The molecule has 2 N–H and O–H groups in total. The summed E-state index contributed by atoms with van der Waals surface area (Å²) in [5, 5.41) is 6.88. The first-order valence-corrected chi connectivity index (χ1v) is 5.83. The van der Waals surface area contributed by atoms with Gasteiger partial charge in [-0.05, 0) is 25.9 Å². The van der Waals surface area contributed by atoms with Crippen LogP contribution in [0.25, 0.3) is 0 Å². The van der Waals surface area contributed by atoms with Crippen LogP contribution in [0.5, 0.6) is 0 Å². The van der Waals surface area contributed by atoms with Crippen molar-refractivity contribution in [3.8, 4) is 0 Å². The SMILES string of the molecule is O=C(O)C(CN1CCCC1)S(=O)(=O)O. The highest BCUT2D eigenvalue weighted by atomic mass is 32.2. The number of hydrogen-bond donors (Lipinski definition) is 2.